The third-order valence-corrected chi connectivity index (χ3v) is 5.34. The number of benzene rings is 2. The van der Waals surface area contributed by atoms with Crippen LogP contribution >= 0.6 is 0 Å². The molecular weight excluding hydrogens is 324 g/mol. The summed E-state index contributed by atoms with van der Waals surface area (Å²) in [5.74, 6) is 0.159. The van der Waals surface area contributed by atoms with Gasteiger partial charge in [-0.2, -0.15) is 0 Å². The molecule has 26 heavy (non-hydrogen) atoms. The Morgan fingerprint density at radius 2 is 1.77 bits per heavy atom. The Morgan fingerprint density at radius 1 is 1.04 bits per heavy atom. The number of nitrogens with zero attached hydrogens (tertiary/aromatic N) is 2. The smallest absolute Gasteiger partial charge is 0.229 e. The summed E-state index contributed by atoms with van der Waals surface area (Å²) in [6.07, 6.45) is 5.85. The highest BCUT2D eigenvalue weighted by Gasteiger charge is 2.27. The van der Waals surface area contributed by atoms with E-state index in [9.17, 15) is 4.79 Å². The number of hydrogen-bond donors (Lipinski definition) is 0. The molecule has 1 amide bonds. The molecule has 0 N–H and O–H groups in total. The maximum absolute atomic E-state index is 13.1. The Bertz CT molecular complexity index is 866. The van der Waals surface area contributed by atoms with Gasteiger partial charge in [0, 0.05) is 18.0 Å². The van der Waals surface area contributed by atoms with E-state index in [0.717, 1.165) is 42.5 Å². The van der Waals surface area contributed by atoms with Crippen molar-refractivity contribution in [1.82, 2.24) is 10.1 Å². The molecule has 0 saturated heterocycles. The van der Waals surface area contributed by atoms with E-state index < -0.39 is 0 Å². The minimum Gasteiger partial charge on any atom is -0.356 e. The Kier molecular flexibility index (Phi) is 5.00. The van der Waals surface area contributed by atoms with Gasteiger partial charge in [0.1, 0.15) is 5.69 Å². The first-order valence-electron chi connectivity index (χ1n) is 9.48. The van der Waals surface area contributed by atoms with E-state index in [4.69, 9.17) is 4.52 Å². The Balaban J connectivity index is 1.50. The molecule has 0 atom stereocenters. The first-order chi connectivity index (χ1) is 12.8. The molecule has 2 aromatic carbocycles. The molecule has 1 fully saturated rings. The van der Waals surface area contributed by atoms with Crippen LogP contribution < -0.4 is 0 Å². The van der Waals surface area contributed by atoms with Crippen molar-refractivity contribution >= 4 is 16.9 Å². The van der Waals surface area contributed by atoms with Crippen LogP contribution in [0, 0.1) is 0 Å². The normalized spacial score (nSPS) is 14.8. The lowest BCUT2D eigenvalue weighted by Crippen LogP contribution is -2.41. The van der Waals surface area contributed by atoms with Crippen LogP contribution in [0.2, 0.25) is 0 Å². The second-order valence-electron chi connectivity index (χ2n) is 7.06. The van der Waals surface area contributed by atoms with E-state index in [1.807, 2.05) is 30.3 Å². The van der Waals surface area contributed by atoms with Crippen LogP contribution in [0.25, 0.3) is 11.0 Å². The van der Waals surface area contributed by atoms with Crippen molar-refractivity contribution in [3.8, 4) is 0 Å². The molecule has 4 rings (SSSR count). The summed E-state index contributed by atoms with van der Waals surface area (Å²) in [5, 5.41) is 5.08. The SMILES string of the molecule is O=C(Cc1noc2ccccc12)N(CCc1ccccc1)C1CCCC1. The highest BCUT2D eigenvalue weighted by Crippen LogP contribution is 2.25. The van der Waals surface area contributed by atoms with E-state index in [2.05, 4.69) is 34.3 Å². The van der Waals surface area contributed by atoms with Gasteiger partial charge in [0.15, 0.2) is 5.58 Å². The van der Waals surface area contributed by atoms with E-state index in [1.165, 1.54) is 18.4 Å². The first kappa shape index (κ1) is 16.8. The fraction of sp³-hybridized carbons (Fsp3) is 0.364. The van der Waals surface area contributed by atoms with Crippen molar-refractivity contribution < 1.29 is 9.32 Å². The molecule has 4 nitrogen and oxygen atoms in total. The molecule has 4 heteroatoms. The fourth-order valence-corrected chi connectivity index (χ4v) is 3.93. The predicted molar refractivity (Wildman–Crippen MR) is 102 cm³/mol. The number of aromatic nitrogens is 1. The van der Waals surface area contributed by atoms with Gasteiger partial charge in [0.25, 0.3) is 0 Å². The van der Waals surface area contributed by atoms with Crippen LogP contribution in [0.3, 0.4) is 0 Å². The molecule has 1 heterocycles. The van der Waals surface area contributed by atoms with Crippen LogP contribution in [-0.4, -0.2) is 28.6 Å². The number of fused-ring (bicyclic) bond motifs is 1. The van der Waals surface area contributed by atoms with E-state index in [1.54, 1.807) is 0 Å². The quantitative estimate of drug-likeness (QED) is 0.664. The largest absolute Gasteiger partial charge is 0.356 e. The van der Waals surface area contributed by atoms with Crippen LogP contribution in [0.5, 0.6) is 0 Å². The summed E-state index contributed by atoms with van der Waals surface area (Å²) in [6.45, 7) is 0.767. The summed E-state index contributed by atoms with van der Waals surface area (Å²) >= 11 is 0. The van der Waals surface area contributed by atoms with Crippen molar-refractivity contribution in [3.05, 3.63) is 65.9 Å². The van der Waals surface area contributed by atoms with Gasteiger partial charge in [0.2, 0.25) is 5.91 Å². The zero-order valence-electron chi connectivity index (χ0n) is 14.9. The molecule has 1 aliphatic carbocycles. The van der Waals surface area contributed by atoms with E-state index in [0.29, 0.717) is 12.5 Å². The summed E-state index contributed by atoms with van der Waals surface area (Å²) in [6, 6.07) is 18.5. The van der Waals surface area contributed by atoms with Crippen molar-refractivity contribution in [2.45, 2.75) is 44.6 Å². The molecule has 0 radical (unpaired) electrons. The molecule has 0 unspecified atom stereocenters. The zero-order chi connectivity index (χ0) is 17.8. The van der Waals surface area contributed by atoms with E-state index in [-0.39, 0.29) is 5.91 Å². The molecule has 134 valence electrons. The Morgan fingerprint density at radius 3 is 2.58 bits per heavy atom. The van der Waals surface area contributed by atoms with Gasteiger partial charge < -0.3 is 9.42 Å². The van der Waals surface area contributed by atoms with Gasteiger partial charge in [-0.15, -0.1) is 0 Å². The second kappa shape index (κ2) is 7.73. The van der Waals surface area contributed by atoms with Gasteiger partial charge in [0.05, 0.1) is 6.42 Å². The lowest BCUT2D eigenvalue weighted by atomic mass is 10.1. The fourth-order valence-electron chi connectivity index (χ4n) is 3.93. The Hall–Kier alpha value is -2.62. The standard InChI is InChI=1S/C22H24N2O2/c25-22(16-20-19-12-6-7-13-21(19)26-23-20)24(18-10-4-5-11-18)15-14-17-8-2-1-3-9-17/h1-3,6-9,12-13,18H,4-5,10-11,14-16H2. The van der Waals surface area contributed by atoms with Crippen LogP contribution in [0.4, 0.5) is 0 Å². The summed E-state index contributed by atoms with van der Waals surface area (Å²) in [7, 11) is 0. The average Bonchev–Trinajstić information content (AvgIpc) is 3.34. The number of hydrogen-bond acceptors (Lipinski definition) is 3. The lowest BCUT2D eigenvalue weighted by molar-refractivity contribution is -0.132. The number of rotatable bonds is 6. The second-order valence-corrected chi connectivity index (χ2v) is 7.06. The van der Waals surface area contributed by atoms with Gasteiger partial charge in [-0.3, -0.25) is 4.79 Å². The van der Waals surface area contributed by atoms with E-state index >= 15 is 0 Å². The third kappa shape index (κ3) is 3.64. The predicted octanol–water partition coefficient (Wildman–Crippen LogP) is 4.38. The number of carbonyl (C=O) groups is 1. The van der Waals surface area contributed by atoms with Crippen molar-refractivity contribution in [2.75, 3.05) is 6.54 Å². The lowest BCUT2D eigenvalue weighted by Gasteiger charge is -2.29. The minimum absolute atomic E-state index is 0.159. The zero-order valence-corrected chi connectivity index (χ0v) is 14.9. The molecule has 1 aromatic heterocycles. The van der Waals surface area contributed by atoms with Gasteiger partial charge in [-0.05, 0) is 37.0 Å². The number of amides is 1. The highest BCUT2D eigenvalue weighted by atomic mass is 16.5. The molecular formula is C22H24N2O2. The molecule has 1 aliphatic rings. The van der Waals surface area contributed by atoms with Crippen LogP contribution in [-0.2, 0) is 17.6 Å². The highest BCUT2D eigenvalue weighted by molar-refractivity contribution is 5.86. The van der Waals surface area contributed by atoms with Crippen molar-refractivity contribution in [2.24, 2.45) is 0 Å². The van der Waals surface area contributed by atoms with Crippen LogP contribution in [0.1, 0.15) is 36.9 Å². The van der Waals surface area contributed by atoms with Gasteiger partial charge >= 0.3 is 0 Å². The maximum atomic E-state index is 13.1. The molecule has 3 aromatic rings. The summed E-state index contributed by atoms with van der Waals surface area (Å²) < 4.78 is 5.36. The Labute approximate surface area is 153 Å². The van der Waals surface area contributed by atoms with Crippen molar-refractivity contribution in [1.29, 1.82) is 0 Å². The summed E-state index contributed by atoms with van der Waals surface area (Å²) in [4.78, 5) is 15.2. The summed E-state index contributed by atoms with van der Waals surface area (Å²) in [5.41, 5.74) is 2.76. The molecule has 0 bridgehead atoms. The first-order valence-corrected chi connectivity index (χ1v) is 9.48. The van der Waals surface area contributed by atoms with Crippen molar-refractivity contribution in [3.63, 3.8) is 0 Å². The molecule has 0 spiro atoms. The monoisotopic (exact) mass is 348 g/mol. The van der Waals surface area contributed by atoms with Crippen LogP contribution in [0.15, 0.2) is 59.1 Å². The minimum atomic E-state index is 0.159. The van der Waals surface area contributed by atoms with Gasteiger partial charge in [-0.1, -0.05) is 60.5 Å². The number of carbonyl (C=O) groups excluding carboxylic acids is 1. The average molecular weight is 348 g/mol. The molecule has 0 aliphatic heterocycles. The van der Waals surface area contributed by atoms with Gasteiger partial charge in [-0.25, -0.2) is 0 Å². The number of para-hydroxylation sites is 1. The molecule has 1 saturated carbocycles. The third-order valence-electron chi connectivity index (χ3n) is 5.34. The maximum Gasteiger partial charge on any atom is 0.229 e. The topological polar surface area (TPSA) is 46.3 Å².